The minimum Gasteiger partial charge on any atom is -0.479 e. The first kappa shape index (κ1) is 26.2. The second-order valence-corrected chi connectivity index (χ2v) is 11.1. The van der Waals surface area contributed by atoms with Gasteiger partial charge in [0, 0.05) is 18.1 Å². The summed E-state index contributed by atoms with van der Waals surface area (Å²) in [5.41, 5.74) is 1.74. The number of ether oxygens (including phenoxy) is 3. The summed E-state index contributed by atoms with van der Waals surface area (Å²) in [6.07, 6.45) is 12.1. The molecule has 1 aliphatic carbocycles. The van der Waals surface area contributed by atoms with E-state index in [1.54, 1.807) is 26.8 Å². The summed E-state index contributed by atoms with van der Waals surface area (Å²) in [5.74, 6) is -0.780. The Morgan fingerprint density at radius 2 is 2.00 bits per heavy atom. The third-order valence-electron chi connectivity index (χ3n) is 8.15. The monoisotopic (exact) mass is 494 g/mol. The molecule has 4 aliphatic rings. The molecule has 3 aliphatic heterocycles. The van der Waals surface area contributed by atoms with Crippen LogP contribution in [0, 0.1) is 11.3 Å². The van der Waals surface area contributed by atoms with Crippen molar-refractivity contribution in [3.63, 3.8) is 0 Å². The number of hydrogen-bond acceptors (Lipinski definition) is 6. The van der Waals surface area contributed by atoms with Crippen molar-refractivity contribution in [3.05, 3.63) is 58.4 Å². The number of esters is 2. The SMILES string of the molecule is CC=C(C)C(=O)OC1CC2(C)OC(=CC2=O)C(C)=CC2OC(=O)C3(CCC=C(CCC=C(C)C)C3)C21. The van der Waals surface area contributed by atoms with Gasteiger partial charge < -0.3 is 14.2 Å². The van der Waals surface area contributed by atoms with E-state index in [-0.39, 0.29) is 18.2 Å². The van der Waals surface area contributed by atoms with Crippen molar-refractivity contribution in [1.82, 2.24) is 0 Å². The quantitative estimate of drug-likeness (QED) is 0.271. The van der Waals surface area contributed by atoms with Gasteiger partial charge in [0.05, 0.1) is 11.3 Å². The summed E-state index contributed by atoms with van der Waals surface area (Å²) in [5, 5.41) is 0. The number of rotatable bonds is 5. The first-order valence-electron chi connectivity index (χ1n) is 13.0. The van der Waals surface area contributed by atoms with E-state index in [1.165, 1.54) is 17.2 Å². The van der Waals surface area contributed by atoms with Gasteiger partial charge in [-0.2, -0.15) is 0 Å². The normalized spacial score (nSPS) is 33.8. The summed E-state index contributed by atoms with van der Waals surface area (Å²) >= 11 is 0. The Kier molecular flexibility index (Phi) is 7.18. The van der Waals surface area contributed by atoms with Crippen LogP contribution in [0.3, 0.4) is 0 Å². The first-order chi connectivity index (χ1) is 17.0. The fourth-order valence-electron chi connectivity index (χ4n) is 6.00. The molecule has 0 saturated carbocycles. The van der Waals surface area contributed by atoms with Crippen LogP contribution in [-0.2, 0) is 28.6 Å². The molecule has 0 N–H and O–H groups in total. The van der Waals surface area contributed by atoms with Gasteiger partial charge in [-0.25, -0.2) is 4.79 Å². The van der Waals surface area contributed by atoms with E-state index in [9.17, 15) is 14.4 Å². The van der Waals surface area contributed by atoms with Gasteiger partial charge in [-0.15, -0.1) is 0 Å². The molecule has 5 atom stereocenters. The fraction of sp³-hybridized carbons (Fsp3) is 0.567. The number of carbonyl (C=O) groups is 3. The van der Waals surface area contributed by atoms with Crippen molar-refractivity contribution in [2.75, 3.05) is 0 Å². The highest BCUT2D eigenvalue weighted by Crippen LogP contribution is 2.55. The molecule has 1 fully saturated rings. The van der Waals surface area contributed by atoms with E-state index in [2.05, 4.69) is 26.0 Å². The minimum absolute atomic E-state index is 0.155. The van der Waals surface area contributed by atoms with Crippen molar-refractivity contribution in [2.24, 2.45) is 11.3 Å². The largest absolute Gasteiger partial charge is 0.479 e. The molecule has 4 rings (SSSR count). The molecule has 36 heavy (non-hydrogen) atoms. The summed E-state index contributed by atoms with van der Waals surface area (Å²) < 4.78 is 18.3. The molecule has 1 saturated heterocycles. The first-order valence-corrected chi connectivity index (χ1v) is 13.0. The number of hydrogen-bond donors (Lipinski definition) is 0. The minimum atomic E-state index is -1.17. The van der Waals surface area contributed by atoms with Crippen LogP contribution in [0.1, 0.15) is 80.1 Å². The molecule has 0 radical (unpaired) electrons. The van der Waals surface area contributed by atoms with E-state index in [4.69, 9.17) is 14.2 Å². The molecule has 2 bridgehead atoms. The lowest BCUT2D eigenvalue weighted by atomic mass is 9.62. The predicted octanol–water partition coefficient (Wildman–Crippen LogP) is 5.84. The van der Waals surface area contributed by atoms with E-state index >= 15 is 0 Å². The van der Waals surface area contributed by atoms with Gasteiger partial charge in [-0.1, -0.05) is 29.4 Å². The summed E-state index contributed by atoms with van der Waals surface area (Å²) in [4.78, 5) is 39.7. The Hall–Kier alpha value is -2.89. The Bertz CT molecular complexity index is 1110. The van der Waals surface area contributed by atoms with Crippen LogP contribution in [-0.4, -0.2) is 35.5 Å². The van der Waals surface area contributed by atoms with Crippen LogP contribution in [0.2, 0.25) is 0 Å². The van der Waals surface area contributed by atoms with E-state index in [0.717, 1.165) is 24.8 Å². The Labute approximate surface area is 214 Å². The Balaban J connectivity index is 1.77. The van der Waals surface area contributed by atoms with Gasteiger partial charge in [-0.05, 0) is 85.3 Å². The van der Waals surface area contributed by atoms with Gasteiger partial charge in [-0.3, -0.25) is 9.59 Å². The molecule has 0 amide bonds. The zero-order valence-corrected chi connectivity index (χ0v) is 22.3. The maximum Gasteiger partial charge on any atom is 0.333 e. The lowest BCUT2D eigenvalue weighted by Crippen LogP contribution is -2.48. The van der Waals surface area contributed by atoms with Crippen molar-refractivity contribution in [3.8, 4) is 0 Å². The van der Waals surface area contributed by atoms with Gasteiger partial charge in [0.25, 0.3) is 0 Å². The van der Waals surface area contributed by atoms with Gasteiger partial charge in [0.2, 0.25) is 5.78 Å². The van der Waals surface area contributed by atoms with Crippen molar-refractivity contribution in [1.29, 1.82) is 0 Å². The summed E-state index contributed by atoms with van der Waals surface area (Å²) in [6.45, 7) is 11.3. The molecule has 5 unspecified atom stereocenters. The lowest BCUT2D eigenvalue weighted by Gasteiger charge is -2.40. The average molecular weight is 495 g/mol. The number of allylic oxidation sites excluding steroid dienone is 6. The summed E-state index contributed by atoms with van der Waals surface area (Å²) in [7, 11) is 0. The fourth-order valence-corrected chi connectivity index (χ4v) is 6.00. The maximum absolute atomic E-state index is 13.7. The van der Waals surface area contributed by atoms with E-state index in [0.29, 0.717) is 24.2 Å². The predicted molar refractivity (Wildman–Crippen MR) is 137 cm³/mol. The Morgan fingerprint density at radius 3 is 2.69 bits per heavy atom. The Morgan fingerprint density at radius 1 is 1.25 bits per heavy atom. The summed E-state index contributed by atoms with van der Waals surface area (Å²) in [6, 6.07) is 0. The molecule has 194 valence electrons. The topological polar surface area (TPSA) is 78.9 Å². The smallest absolute Gasteiger partial charge is 0.333 e. The van der Waals surface area contributed by atoms with E-state index in [1.807, 2.05) is 13.0 Å². The maximum atomic E-state index is 13.7. The van der Waals surface area contributed by atoms with Gasteiger partial charge >= 0.3 is 11.9 Å². The number of fused-ring (bicyclic) bond motifs is 4. The van der Waals surface area contributed by atoms with Crippen molar-refractivity contribution in [2.45, 2.75) is 97.9 Å². The van der Waals surface area contributed by atoms with Crippen LogP contribution >= 0.6 is 0 Å². The lowest BCUT2D eigenvalue weighted by molar-refractivity contribution is -0.158. The highest BCUT2D eigenvalue weighted by atomic mass is 16.6. The molecule has 6 nitrogen and oxygen atoms in total. The van der Waals surface area contributed by atoms with Crippen LogP contribution < -0.4 is 0 Å². The van der Waals surface area contributed by atoms with Crippen LogP contribution in [0.15, 0.2) is 58.4 Å². The highest BCUT2D eigenvalue weighted by Gasteiger charge is 2.62. The number of ketones is 1. The standard InChI is InChI=1S/C30H38O6/c1-7-19(4)27(32)34-24-17-29(6)25(31)15-22(36-29)20(5)14-23-26(24)30(28(33)35-23)13-9-12-21(16-30)11-8-10-18(2)3/h7,10,12,14-15,23-24,26H,8-9,11,13,16-17H2,1-6H3. The molecular weight excluding hydrogens is 456 g/mol. The van der Waals surface area contributed by atoms with E-state index < -0.39 is 35.1 Å². The molecular formula is C30H38O6. The van der Waals surface area contributed by atoms with Gasteiger partial charge in [0.1, 0.15) is 18.0 Å². The third-order valence-corrected chi connectivity index (χ3v) is 8.15. The average Bonchev–Trinajstić information content (AvgIpc) is 3.25. The molecule has 6 heteroatoms. The van der Waals surface area contributed by atoms with Crippen LogP contribution in [0.5, 0.6) is 0 Å². The third kappa shape index (κ3) is 4.74. The zero-order valence-electron chi connectivity index (χ0n) is 22.3. The molecule has 0 aromatic carbocycles. The van der Waals surface area contributed by atoms with Crippen LogP contribution in [0.25, 0.3) is 0 Å². The zero-order chi connectivity index (χ0) is 26.3. The molecule has 1 spiro atoms. The van der Waals surface area contributed by atoms with Crippen molar-refractivity contribution >= 4 is 17.7 Å². The van der Waals surface area contributed by atoms with Crippen LogP contribution in [0.4, 0.5) is 0 Å². The molecule has 3 heterocycles. The second-order valence-electron chi connectivity index (χ2n) is 11.1. The second kappa shape index (κ2) is 9.87. The number of carbonyl (C=O) groups excluding carboxylic acids is 3. The van der Waals surface area contributed by atoms with Crippen molar-refractivity contribution < 1.29 is 28.6 Å². The highest BCUT2D eigenvalue weighted by molar-refractivity contribution is 6.00. The van der Waals surface area contributed by atoms with Gasteiger partial charge in [0.15, 0.2) is 5.60 Å². The molecule has 0 aromatic rings. The molecule has 0 aromatic heterocycles.